The summed E-state index contributed by atoms with van der Waals surface area (Å²) >= 11 is 0. The van der Waals surface area contributed by atoms with E-state index in [9.17, 15) is 9.59 Å². The van der Waals surface area contributed by atoms with Gasteiger partial charge in [-0.1, -0.05) is 0 Å². The molecule has 0 heterocycles. The third kappa shape index (κ3) is 9.26. The molecule has 6 heteroatoms. The zero-order valence-corrected chi connectivity index (χ0v) is 11.2. The lowest BCUT2D eigenvalue weighted by Crippen LogP contribution is -2.29. The van der Waals surface area contributed by atoms with Gasteiger partial charge in [0.25, 0.3) is 0 Å². The van der Waals surface area contributed by atoms with Gasteiger partial charge in [-0.2, -0.15) is 0 Å². The molecule has 0 aromatic carbocycles. The lowest BCUT2D eigenvalue weighted by atomic mass is 10.2. The number of hydrogen-bond acceptors (Lipinski definition) is 4. The maximum Gasteiger partial charge on any atom is 0.315 e. The second kappa shape index (κ2) is 7.37. The van der Waals surface area contributed by atoms with Crippen molar-refractivity contribution in [3.63, 3.8) is 0 Å². The Morgan fingerprint density at radius 2 is 2.00 bits per heavy atom. The Labute approximate surface area is 107 Å². The molecular weight excluding hydrogens is 234 g/mol. The highest BCUT2D eigenvalue weighted by atomic mass is 16.6. The summed E-state index contributed by atoms with van der Waals surface area (Å²) in [4.78, 5) is 29.9. The molecule has 0 aromatic rings. The number of carbonyl (C=O) groups is 2. The molecule has 0 aliphatic carbocycles. The summed E-state index contributed by atoms with van der Waals surface area (Å²) < 4.78 is 5.02. The monoisotopic (exact) mass is 253 g/mol. The maximum absolute atomic E-state index is 11.4. The van der Waals surface area contributed by atoms with E-state index in [0.717, 1.165) is 0 Å². The predicted octanol–water partition coefficient (Wildman–Crippen LogP) is 1.42. The highest BCUT2D eigenvalue weighted by Crippen LogP contribution is 2.08. The number of rotatable bonds is 5. The van der Waals surface area contributed by atoms with Gasteiger partial charge in [0.1, 0.15) is 18.4 Å². The Bertz CT molecular complexity index is 379. The highest BCUT2D eigenvalue weighted by molar-refractivity contribution is 5.95. The molecule has 0 aromatic heterocycles. The average Bonchev–Trinajstić information content (AvgIpc) is 2.13. The maximum atomic E-state index is 11.4. The van der Waals surface area contributed by atoms with Crippen molar-refractivity contribution in [3.05, 3.63) is 11.9 Å². The molecule has 1 N–H and O–H groups in total. The van der Waals surface area contributed by atoms with Gasteiger partial charge < -0.3 is 10.1 Å². The molecule has 0 rings (SSSR count). The van der Waals surface area contributed by atoms with E-state index < -0.39 is 17.5 Å². The van der Waals surface area contributed by atoms with E-state index in [1.54, 1.807) is 27.7 Å². The number of nitrogens with one attached hydrogen (secondary N) is 1. The molecule has 6 nitrogen and oxygen atoms in total. The van der Waals surface area contributed by atoms with Crippen LogP contribution >= 0.6 is 0 Å². The van der Waals surface area contributed by atoms with Crippen LogP contribution < -0.4 is 5.32 Å². The summed E-state index contributed by atoms with van der Waals surface area (Å²) in [5.74, 6) is -1.01. The highest BCUT2D eigenvalue weighted by Gasteiger charge is 2.18. The van der Waals surface area contributed by atoms with Crippen LogP contribution in [0.2, 0.25) is 0 Å². The van der Waals surface area contributed by atoms with Gasteiger partial charge in [0.2, 0.25) is 5.91 Å². The van der Waals surface area contributed by atoms with Crippen molar-refractivity contribution in [3.8, 4) is 0 Å². The zero-order chi connectivity index (χ0) is 14.2. The van der Waals surface area contributed by atoms with E-state index >= 15 is 0 Å². The van der Waals surface area contributed by atoms with Crippen LogP contribution in [0.5, 0.6) is 0 Å². The minimum absolute atomic E-state index is 0.328. The Morgan fingerprint density at radius 1 is 1.39 bits per heavy atom. The van der Waals surface area contributed by atoms with Crippen molar-refractivity contribution in [2.75, 3.05) is 0 Å². The Kier molecular flexibility index (Phi) is 6.56. The summed E-state index contributed by atoms with van der Waals surface area (Å²) in [7, 11) is 0. The Hall–Kier alpha value is -1.98. The first-order valence-corrected chi connectivity index (χ1v) is 5.40. The molecule has 0 unspecified atom stereocenters. The van der Waals surface area contributed by atoms with Crippen molar-refractivity contribution < 1.29 is 14.3 Å². The number of carbonyl (C=O) groups excluding carboxylic acids is 2. The fourth-order valence-electron chi connectivity index (χ4n) is 0.997. The van der Waals surface area contributed by atoms with Crippen LogP contribution in [-0.2, 0) is 14.3 Å². The van der Waals surface area contributed by atoms with Crippen molar-refractivity contribution in [1.29, 1.82) is 0 Å². The van der Waals surface area contributed by atoms with Crippen molar-refractivity contribution in [1.82, 2.24) is 5.32 Å². The molecule has 0 spiro atoms. The van der Waals surface area contributed by atoms with Crippen LogP contribution in [-0.4, -0.2) is 30.5 Å². The fraction of sp³-hybridized carbons (Fsp3) is 0.500. The topological polar surface area (TPSA) is 80.1 Å². The Morgan fingerprint density at radius 3 is 2.50 bits per heavy atom. The average molecular weight is 253 g/mol. The summed E-state index contributed by atoms with van der Waals surface area (Å²) in [6.07, 6.45) is 2.32. The number of aliphatic imine (C=N–C) groups is 2. The molecule has 0 saturated heterocycles. The number of nitrogens with zero attached hydrogens (tertiary/aromatic N) is 2. The minimum Gasteiger partial charge on any atom is -0.460 e. The van der Waals surface area contributed by atoms with E-state index in [1.165, 1.54) is 12.5 Å². The zero-order valence-electron chi connectivity index (χ0n) is 11.2. The molecule has 0 saturated carbocycles. The van der Waals surface area contributed by atoms with E-state index in [4.69, 9.17) is 4.74 Å². The molecule has 0 aliphatic rings. The van der Waals surface area contributed by atoms with Gasteiger partial charge in [-0.15, -0.1) is 0 Å². The van der Waals surface area contributed by atoms with Crippen molar-refractivity contribution in [2.24, 2.45) is 9.98 Å². The largest absolute Gasteiger partial charge is 0.460 e. The van der Waals surface area contributed by atoms with Crippen LogP contribution in [0.1, 0.15) is 34.1 Å². The minimum atomic E-state index is -0.595. The fourth-order valence-corrected chi connectivity index (χ4v) is 0.997. The summed E-state index contributed by atoms with van der Waals surface area (Å²) in [5, 5.41) is 2.50. The number of hydrogen-bond donors (Lipinski definition) is 1. The molecule has 1 amide bonds. The first kappa shape index (κ1) is 16.0. The number of allylic oxidation sites excluding steroid dienone is 1. The molecule has 18 heavy (non-hydrogen) atoms. The van der Waals surface area contributed by atoms with E-state index in [2.05, 4.69) is 22.0 Å². The van der Waals surface area contributed by atoms with Gasteiger partial charge in [0.05, 0.1) is 0 Å². The van der Waals surface area contributed by atoms with Crippen LogP contribution in [0, 0.1) is 0 Å². The first-order chi connectivity index (χ1) is 8.24. The van der Waals surface area contributed by atoms with Gasteiger partial charge in [0.15, 0.2) is 0 Å². The Balaban J connectivity index is 4.19. The van der Waals surface area contributed by atoms with Crippen molar-refractivity contribution >= 4 is 24.9 Å². The molecule has 100 valence electrons. The molecule has 0 fully saturated rings. The van der Waals surface area contributed by atoms with Crippen LogP contribution in [0.3, 0.4) is 0 Å². The van der Waals surface area contributed by atoms with Gasteiger partial charge >= 0.3 is 5.97 Å². The standard InChI is InChI=1S/C12H19N3O3/c1-9(7-14-8-13-5)15-10(16)6-11(17)18-12(2,3)4/h7-8H,5-6H2,1-4H3,(H,15,16)/b9-7+,14-8-. The predicted molar refractivity (Wildman–Crippen MR) is 70.4 cm³/mol. The van der Waals surface area contributed by atoms with Crippen LogP contribution in [0.15, 0.2) is 21.9 Å². The summed E-state index contributed by atoms with van der Waals surface area (Å²) in [6.45, 7) is 10.1. The second-order valence-corrected chi connectivity index (χ2v) is 4.57. The van der Waals surface area contributed by atoms with E-state index in [1.807, 2.05) is 0 Å². The third-order valence-corrected chi connectivity index (χ3v) is 1.48. The van der Waals surface area contributed by atoms with Crippen LogP contribution in [0.25, 0.3) is 0 Å². The smallest absolute Gasteiger partial charge is 0.315 e. The van der Waals surface area contributed by atoms with Gasteiger partial charge in [0, 0.05) is 11.9 Å². The first-order valence-electron chi connectivity index (χ1n) is 5.40. The molecule has 0 radical (unpaired) electrons. The molecule has 0 atom stereocenters. The van der Waals surface area contributed by atoms with Gasteiger partial charge in [-0.05, 0) is 34.4 Å². The normalized spacial score (nSPS) is 12.3. The van der Waals surface area contributed by atoms with Crippen molar-refractivity contribution in [2.45, 2.75) is 39.7 Å². The molecule has 0 bridgehead atoms. The third-order valence-electron chi connectivity index (χ3n) is 1.48. The molecular formula is C12H19N3O3. The lowest BCUT2D eigenvalue weighted by molar-refractivity contribution is -0.156. The number of ether oxygens (including phenoxy) is 1. The number of esters is 1. The van der Waals surface area contributed by atoms with E-state index in [0.29, 0.717) is 5.70 Å². The molecule has 0 aliphatic heterocycles. The summed E-state index contributed by atoms with van der Waals surface area (Å²) in [5.41, 5.74) is -0.0919. The lowest BCUT2D eigenvalue weighted by Gasteiger charge is -2.19. The van der Waals surface area contributed by atoms with E-state index in [-0.39, 0.29) is 6.42 Å². The second-order valence-electron chi connectivity index (χ2n) is 4.57. The van der Waals surface area contributed by atoms with Gasteiger partial charge in [-0.25, -0.2) is 4.99 Å². The SMILES string of the molecule is C=N/C=N\C=C(/C)NC(=O)CC(=O)OC(C)(C)C. The number of amides is 1. The van der Waals surface area contributed by atoms with Gasteiger partial charge in [-0.3, -0.25) is 14.6 Å². The van der Waals surface area contributed by atoms with Crippen LogP contribution in [0.4, 0.5) is 0 Å². The summed E-state index contributed by atoms with van der Waals surface area (Å²) in [6, 6.07) is 0. The quantitative estimate of drug-likeness (QED) is 0.348.